The quantitative estimate of drug-likeness (QED) is 0.506. The minimum Gasteiger partial charge on any atom is -0.232 e. The Morgan fingerprint density at radius 1 is 1.47 bits per heavy atom. The lowest BCUT2D eigenvalue weighted by atomic mass is 9.87. The predicted molar refractivity (Wildman–Crippen MR) is 62.6 cm³/mol. The van der Waals surface area contributed by atoms with Gasteiger partial charge in [-0.1, -0.05) is 25.8 Å². The summed E-state index contributed by atoms with van der Waals surface area (Å²) < 4.78 is 0. The first kappa shape index (κ1) is 12.7. The second-order valence-corrected chi connectivity index (χ2v) is 4.79. The summed E-state index contributed by atoms with van der Waals surface area (Å²) in [5, 5.41) is 0. The van der Waals surface area contributed by atoms with E-state index in [-0.39, 0.29) is 11.7 Å². The van der Waals surface area contributed by atoms with Gasteiger partial charge < -0.3 is 0 Å². The summed E-state index contributed by atoms with van der Waals surface area (Å²) in [6, 6.07) is 0. The molecule has 0 aromatic carbocycles. The molecule has 2 nitrogen and oxygen atoms in total. The van der Waals surface area contributed by atoms with Gasteiger partial charge in [0.15, 0.2) is 0 Å². The molecular weight excluding hydrogens is 188 g/mol. The van der Waals surface area contributed by atoms with E-state index in [9.17, 15) is 0 Å². The number of rotatable bonds is 5. The molecule has 0 bridgehead atoms. The first-order chi connectivity index (χ1) is 7.12. The van der Waals surface area contributed by atoms with Crippen LogP contribution in [0.25, 0.3) is 0 Å². The lowest BCUT2D eigenvalue weighted by Crippen LogP contribution is -2.39. The zero-order valence-corrected chi connectivity index (χ0v) is 10.3. The highest BCUT2D eigenvalue weighted by atomic mass is 17.2. The second-order valence-electron chi connectivity index (χ2n) is 4.79. The van der Waals surface area contributed by atoms with Crippen molar-refractivity contribution >= 4 is 0 Å². The topological polar surface area (TPSA) is 18.5 Å². The largest absolute Gasteiger partial charge is 0.232 e. The second kappa shape index (κ2) is 5.66. The van der Waals surface area contributed by atoms with E-state index in [1.807, 2.05) is 6.92 Å². The Hall–Kier alpha value is -0.340. The number of hydrogen-bond donors (Lipinski definition) is 0. The summed E-state index contributed by atoms with van der Waals surface area (Å²) in [6.07, 6.45) is 6.66. The minimum atomic E-state index is -0.0136. The highest BCUT2D eigenvalue weighted by molar-refractivity contribution is 4.92. The van der Waals surface area contributed by atoms with Gasteiger partial charge in [-0.05, 0) is 39.0 Å². The number of hydrogen-bond acceptors (Lipinski definition) is 2. The Morgan fingerprint density at radius 3 is 2.60 bits per heavy atom. The molecule has 0 aromatic heterocycles. The monoisotopic (exact) mass is 212 g/mol. The van der Waals surface area contributed by atoms with Gasteiger partial charge in [0.1, 0.15) is 5.60 Å². The van der Waals surface area contributed by atoms with Crippen molar-refractivity contribution in [1.29, 1.82) is 0 Å². The first-order valence-electron chi connectivity index (χ1n) is 6.10. The summed E-state index contributed by atoms with van der Waals surface area (Å²) in [7, 11) is 0. The van der Waals surface area contributed by atoms with Gasteiger partial charge in [0.25, 0.3) is 0 Å². The summed E-state index contributed by atoms with van der Waals surface area (Å²) in [6.45, 7) is 10.3. The van der Waals surface area contributed by atoms with Gasteiger partial charge in [-0.15, -0.1) is 6.58 Å². The highest BCUT2D eigenvalue weighted by Crippen LogP contribution is 2.35. The fourth-order valence-corrected chi connectivity index (χ4v) is 2.24. The van der Waals surface area contributed by atoms with Crippen LogP contribution in [0.5, 0.6) is 0 Å². The summed E-state index contributed by atoms with van der Waals surface area (Å²) in [4.78, 5) is 11.1. The van der Waals surface area contributed by atoms with Crippen molar-refractivity contribution in [2.24, 2.45) is 0 Å². The first-order valence-corrected chi connectivity index (χ1v) is 6.10. The zero-order chi connectivity index (χ0) is 11.3. The predicted octanol–water partition coefficient (Wildman–Crippen LogP) is 4.01. The molecule has 0 N–H and O–H groups in total. The van der Waals surface area contributed by atoms with Crippen LogP contribution in [0.2, 0.25) is 0 Å². The van der Waals surface area contributed by atoms with E-state index in [1.165, 1.54) is 5.57 Å². The summed E-state index contributed by atoms with van der Waals surface area (Å²) >= 11 is 0. The Kier molecular flexibility index (Phi) is 4.81. The molecule has 1 fully saturated rings. The van der Waals surface area contributed by atoms with Crippen molar-refractivity contribution in [3.05, 3.63) is 12.2 Å². The molecule has 0 aliphatic carbocycles. The normalized spacial score (nSPS) is 31.5. The van der Waals surface area contributed by atoms with Crippen LogP contribution in [-0.4, -0.2) is 11.7 Å². The molecule has 1 aliphatic heterocycles. The average Bonchev–Trinajstić information content (AvgIpc) is 2.21. The van der Waals surface area contributed by atoms with E-state index < -0.39 is 0 Å². The van der Waals surface area contributed by atoms with Crippen LogP contribution in [0.15, 0.2) is 12.2 Å². The van der Waals surface area contributed by atoms with Gasteiger partial charge in [-0.25, -0.2) is 9.78 Å². The zero-order valence-electron chi connectivity index (χ0n) is 10.3. The van der Waals surface area contributed by atoms with E-state index in [1.54, 1.807) is 0 Å². The maximum absolute atomic E-state index is 5.63. The van der Waals surface area contributed by atoms with Crippen molar-refractivity contribution in [2.45, 2.75) is 71.0 Å². The third kappa shape index (κ3) is 3.62. The van der Waals surface area contributed by atoms with Gasteiger partial charge in [-0.3, -0.25) is 0 Å². The standard InChI is InChI=1S/C13H24O2/c1-5-8-13(6-2)9-7-12(14-15-13)10-11(3)4/h12H,3,5-10H2,1-2,4H3. The van der Waals surface area contributed by atoms with E-state index in [0.717, 1.165) is 38.5 Å². The maximum Gasteiger partial charge on any atom is 0.103 e. The molecule has 1 saturated heterocycles. The van der Waals surface area contributed by atoms with Crippen molar-refractivity contribution in [1.82, 2.24) is 0 Å². The summed E-state index contributed by atoms with van der Waals surface area (Å²) in [5.41, 5.74) is 1.16. The van der Waals surface area contributed by atoms with Crippen molar-refractivity contribution in [3.63, 3.8) is 0 Å². The molecule has 0 spiro atoms. The molecule has 2 unspecified atom stereocenters. The van der Waals surface area contributed by atoms with Crippen molar-refractivity contribution in [2.75, 3.05) is 0 Å². The van der Waals surface area contributed by atoms with Crippen LogP contribution < -0.4 is 0 Å². The van der Waals surface area contributed by atoms with Crippen LogP contribution in [-0.2, 0) is 9.78 Å². The smallest absolute Gasteiger partial charge is 0.103 e. The maximum atomic E-state index is 5.63. The molecule has 1 heterocycles. The van der Waals surface area contributed by atoms with Crippen molar-refractivity contribution < 1.29 is 9.78 Å². The van der Waals surface area contributed by atoms with E-state index in [0.29, 0.717) is 0 Å². The summed E-state index contributed by atoms with van der Waals surface area (Å²) in [5.74, 6) is 0. The molecule has 15 heavy (non-hydrogen) atoms. The van der Waals surface area contributed by atoms with Crippen LogP contribution in [0.4, 0.5) is 0 Å². The van der Waals surface area contributed by atoms with Crippen LogP contribution in [0.1, 0.15) is 59.3 Å². The van der Waals surface area contributed by atoms with Gasteiger partial charge in [0.05, 0.1) is 6.10 Å². The Bertz CT molecular complexity index is 203. The van der Waals surface area contributed by atoms with Gasteiger partial charge >= 0.3 is 0 Å². The molecular formula is C13H24O2. The highest BCUT2D eigenvalue weighted by Gasteiger charge is 2.35. The van der Waals surface area contributed by atoms with Gasteiger partial charge in [0, 0.05) is 0 Å². The molecule has 88 valence electrons. The molecule has 0 amide bonds. The fraction of sp³-hybridized carbons (Fsp3) is 0.846. The average molecular weight is 212 g/mol. The SMILES string of the molecule is C=C(C)CC1CCC(CC)(CCC)OO1. The van der Waals surface area contributed by atoms with E-state index in [2.05, 4.69) is 20.4 Å². The Balaban J connectivity index is 2.42. The molecule has 1 rings (SSSR count). The lowest BCUT2D eigenvalue weighted by molar-refractivity contribution is -0.410. The van der Waals surface area contributed by atoms with Crippen LogP contribution >= 0.6 is 0 Å². The lowest BCUT2D eigenvalue weighted by Gasteiger charge is -2.38. The molecule has 0 aromatic rings. The molecule has 0 radical (unpaired) electrons. The Labute approximate surface area is 93.6 Å². The molecule has 0 saturated carbocycles. The molecule has 1 aliphatic rings. The third-order valence-corrected chi connectivity index (χ3v) is 3.21. The minimum absolute atomic E-state index is 0.0136. The van der Waals surface area contributed by atoms with Crippen LogP contribution in [0, 0.1) is 0 Å². The molecule has 2 heteroatoms. The fourth-order valence-electron chi connectivity index (χ4n) is 2.24. The van der Waals surface area contributed by atoms with Crippen LogP contribution in [0.3, 0.4) is 0 Å². The van der Waals surface area contributed by atoms with E-state index in [4.69, 9.17) is 9.78 Å². The van der Waals surface area contributed by atoms with Crippen molar-refractivity contribution in [3.8, 4) is 0 Å². The third-order valence-electron chi connectivity index (χ3n) is 3.21. The van der Waals surface area contributed by atoms with Gasteiger partial charge in [0.2, 0.25) is 0 Å². The van der Waals surface area contributed by atoms with E-state index >= 15 is 0 Å². The van der Waals surface area contributed by atoms with Gasteiger partial charge in [-0.2, -0.15) is 0 Å². The molecule has 2 atom stereocenters. The Morgan fingerprint density at radius 2 is 2.20 bits per heavy atom.